The molecule has 1 aromatic rings. The summed E-state index contributed by atoms with van der Waals surface area (Å²) in [4.78, 5) is 3.67. The van der Waals surface area contributed by atoms with E-state index in [9.17, 15) is 0 Å². The SMILES string of the molecule is CN1CCNCC1CC(N)c1ccc(Br)s1. The van der Waals surface area contributed by atoms with E-state index in [1.165, 1.54) is 4.88 Å². The van der Waals surface area contributed by atoms with Gasteiger partial charge in [0.2, 0.25) is 0 Å². The first kappa shape index (κ1) is 12.5. The van der Waals surface area contributed by atoms with Gasteiger partial charge in [-0.25, -0.2) is 0 Å². The number of nitrogens with two attached hydrogens (primary N) is 1. The molecule has 2 unspecified atom stereocenters. The Hall–Kier alpha value is 0.0600. The highest BCUT2D eigenvalue weighted by Gasteiger charge is 2.22. The predicted octanol–water partition coefficient (Wildman–Crippen LogP) is 1.80. The van der Waals surface area contributed by atoms with E-state index in [-0.39, 0.29) is 6.04 Å². The third kappa shape index (κ3) is 3.05. The summed E-state index contributed by atoms with van der Waals surface area (Å²) >= 11 is 5.22. The smallest absolute Gasteiger partial charge is 0.0701 e. The second-order valence-corrected chi connectivity index (χ2v) is 6.82. The van der Waals surface area contributed by atoms with Gasteiger partial charge in [0.15, 0.2) is 0 Å². The van der Waals surface area contributed by atoms with E-state index in [2.05, 4.69) is 45.3 Å². The minimum absolute atomic E-state index is 0.156. The third-order valence-electron chi connectivity index (χ3n) is 3.13. The topological polar surface area (TPSA) is 41.3 Å². The van der Waals surface area contributed by atoms with Crippen molar-refractivity contribution < 1.29 is 0 Å². The summed E-state index contributed by atoms with van der Waals surface area (Å²) in [6.07, 6.45) is 1.02. The maximum Gasteiger partial charge on any atom is 0.0701 e. The normalized spacial score (nSPS) is 24.6. The van der Waals surface area contributed by atoms with E-state index < -0.39 is 0 Å². The highest BCUT2D eigenvalue weighted by Crippen LogP contribution is 2.29. The highest BCUT2D eigenvalue weighted by molar-refractivity contribution is 9.11. The third-order valence-corrected chi connectivity index (χ3v) is 4.89. The predicted molar refractivity (Wildman–Crippen MR) is 72.9 cm³/mol. The Labute approximate surface area is 109 Å². The zero-order valence-electron chi connectivity index (χ0n) is 9.45. The fourth-order valence-electron chi connectivity index (χ4n) is 2.06. The van der Waals surface area contributed by atoms with Gasteiger partial charge in [0.1, 0.15) is 0 Å². The average Bonchev–Trinajstić information content (AvgIpc) is 2.68. The second-order valence-electron chi connectivity index (χ2n) is 4.32. The largest absolute Gasteiger partial charge is 0.323 e. The van der Waals surface area contributed by atoms with Crippen LogP contribution in [0.15, 0.2) is 15.9 Å². The molecule has 90 valence electrons. The summed E-state index contributed by atoms with van der Waals surface area (Å²) in [6.45, 7) is 3.26. The van der Waals surface area contributed by atoms with Crippen LogP contribution in [0.1, 0.15) is 17.3 Å². The van der Waals surface area contributed by atoms with Gasteiger partial charge in [0, 0.05) is 36.6 Å². The van der Waals surface area contributed by atoms with Crippen molar-refractivity contribution in [2.45, 2.75) is 18.5 Å². The van der Waals surface area contributed by atoms with Crippen LogP contribution in [0, 0.1) is 0 Å². The van der Waals surface area contributed by atoms with Gasteiger partial charge in [0.05, 0.1) is 3.79 Å². The Morgan fingerprint density at radius 1 is 1.69 bits per heavy atom. The molecular formula is C11H18BrN3S. The van der Waals surface area contributed by atoms with Crippen molar-refractivity contribution in [3.8, 4) is 0 Å². The van der Waals surface area contributed by atoms with Gasteiger partial charge in [-0.1, -0.05) is 0 Å². The van der Waals surface area contributed by atoms with Gasteiger partial charge in [-0.05, 0) is 41.5 Å². The fourth-order valence-corrected chi connectivity index (χ4v) is 3.50. The molecule has 0 spiro atoms. The first-order valence-corrected chi connectivity index (χ1v) is 7.19. The number of halogens is 1. The van der Waals surface area contributed by atoms with Gasteiger partial charge < -0.3 is 16.0 Å². The Kier molecular flexibility index (Phi) is 4.38. The highest BCUT2D eigenvalue weighted by atomic mass is 79.9. The molecule has 1 aromatic heterocycles. The van der Waals surface area contributed by atoms with Crippen LogP contribution in [0.25, 0.3) is 0 Å². The number of hydrogen-bond donors (Lipinski definition) is 2. The number of nitrogens with one attached hydrogen (secondary N) is 1. The Morgan fingerprint density at radius 2 is 2.50 bits per heavy atom. The van der Waals surface area contributed by atoms with Gasteiger partial charge in [-0.2, -0.15) is 0 Å². The number of likely N-dealkylation sites (N-methyl/N-ethyl adjacent to an activating group) is 1. The number of rotatable bonds is 3. The zero-order valence-corrected chi connectivity index (χ0v) is 11.9. The first-order chi connectivity index (χ1) is 7.66. The van der Waals surface area contributed by atoms with Crippen molar-refractivity contribution in [2.24, 2.45) is 5.73 Å². The van der Waals surface area contributed by atoms with Gasteiger partial charge >= 0.3 is 0 Å². The summed E-state index contributed by atoms with van der Waals surface area (Å²) in [5, 5.41) is 3.42. The van der Waals surface area contributed by atoms with Crippen LogP contribution in [0.5, 0.6) is 0 Å². The molecule has 0 saturated carbocycles. The number of hydrogen-bond acceptors (Lipinski definition) is 4. The molecule has 2 heterocycles. The number of piperazine rings is 1. The molecule has 0 bridgehead atoms. The van der Waals surface area contributed by atoms with E-state index in [0.29, 0.717) is 6.04 Å². The maximum absolute atomic E-state index is 6.24. The minimum Gasteiger partial charge on any atom is -0.323 e. The lowest BCUT2D eigenvalue weighted by Gasteiger charge is -2.34. The maximum atomic E-state index is 6.24. The lowest BCUT2D eigenvalue weighted by molar-refractivity contribution is 0.183. The van der Waals surface area contributed by atoms with Gasteiger partial charge in [-0.3, -0.25) is 0 Å². The molecule has 2 atom stereocenters. The molecule has 0 amide bonds. The van der Waals surface area contributed by atoms with Crippen LogP contribution in [0.3, 0.4) is 0 Å². The lowest BCUT2D eigenvalue weighted by atomic mass is 10.0. The summed E-state index contributed by atoms with van der Waals surface area (Å²) in [6, 6.07) is 4.91. The summed E-state index contributed by atoms with van der Waals surface area (Å²) < 4.78 is 1.16. The summed E-state index contributed by atoms with van der Waals surface area (Å²) in [5.41, 5.74) is 6.24. The molecule has 3 N–H and O–H groups in total. The van der Waals surface area contributed by atoms with Crippen molar-refractivity contribution in [1.29, 1.82) is 0 Å². The average molecular weight is 304 g/mol. The Morgan fingerprint density at radius 3 is 3.12 bits per heavy atom. The van der Waals surface area contributed by atoms with Crippen LogP contribution < -0.4 is 11.1 Å². The zero-order chi connectivity index (χ0) is 11.5. The Balaban J connectivity index is 1.93. The minimum atomic E-state index is 0.156. The van der Waals surface area contributed by atoms with Crippen molar-refractivity contribution in [2.75, 3.05) is 26.7 Å². The van der Waals surface area contributed by atoms with E-state index in [1.54, 1.807) is 11.3 Å². The monoisotopic (exact) mass is 303 g/mol. The number of nitrogens with zero attached hydrogens (tertiary/aromatic N) is 1. The van der Waals surface area contributed by atoms with Crippen molar-refractivity contribution >= 4 is 27.3 Å². The fraction of sp³-hybridized carbons (Fsp3) is 0.636. The second kappa shape index (κ2) is 5.60. The van der Waals surface area contributed by atoms with E-state index >= 15 is 0 Å². The molecule has 0 aliphatic carbocycles. The standard InChI is InChI=1S/C11H18BrN3S/c1-15-5-4-14-7-8(15)6-9(13)10-2-3-11(12)16-10/h2-3,8-9,14H,4-7,13H2,1H3. The molecule has 1 fully saturated rings. The molecule has 16 heavy (non-hydrogen) atoms. The van der Waals surface area contributed by atoms with Crippen molar-refractivity contribution in [1.82, 2.24) is 10.2 Å². The van der Waals surface area contributed by atoms with E-state index in [4.69, 9.17) is 5.73 Å². The van der Waals surface area contributed by atoms with Crippen LogP contribution in [-0.4, -0.2) is 37.6 Å². The molecule has 5 heteroatoms. The van der Waals surface area contributed by atoms with E-state index in [1.807, 2.05) is 0 Å². The summed E-state index contributed by atoms with van der Waals surface area (Å²) in [7, 11) is 2.18. The molecule has 1 aliphatic rings. The molecule has 3 nitrogen and oxygen atoms in total. The molecule has 2 rings (SSSR count). The van der Waals surface area contributed by atoms with Gasteiger partial charge in [-0.15, -0.1) is 11.3 Å². The summed E-state index contributed by atoms with van der Waals surface area (Å²) in [5.74, 6) is 0. The Bertz CT molecular complexity index is 342. The molecular weight excluding hydrogens is 286 g/mol. The molecule has 0 aromatic carbocycles. The van der Waals surface area contributed by atoms with Crippen molar-refractivity contribution in [3.05, 3.63) is 20.8 Å². The molecule has 1 saturated heterocycles. The quantitative estimate of drug-likeness (QED) is 0.895. The van der Waals surface area contributed by atoms with Gasteiger partial charge in [0.25, 0.3) is 0 Å². The van der Waals surface area contributed by atoms with Crippen LogP contribution in [0.4, 0.5) is 0 Å². The van der Waals surface area contributed by atoms with Crippen molar-refractivity contribution in [3.63, 3.8) is 0 Å². The van der Waals surface area contributed by atoms with Crippen LogP contribution in [0.2, 0.25) is 0 Å². The van der Waals surface area contributed by atoms with E-state index in [0.717, 1.165) is 29.8 Å². The molecule has 0 radical (unpaired) electrons. The lowest BCUT2D eigenvalue weighted by Crippen LogP contribution is -2.50. The van der Waals surface area contributed by atoms with Crippen LogP contribution >= 0.6 is 27.3 Å². The number of thiophene rings is 1. The molecule has 1 aliphatic heterocycles. The first-order valence-electron chi connectivity index (χ1n) is 5.58. The van der Waals surface area contributed by atoms with Crippen LogP contribution in [-0.2, 0) is 0 Å².